The van der Waals surface area contributed by atoms with Crippen LogP contribution in [-0.4, -0.2) is 0 Å². The Hall–Kier alpha value is -6.90. The van der Waals surface area contributed by atoms with E-state index in [1.54, 1.807) is 0 Å². The molecule has 2 aromatic heterocycles. The molecule has 0 N–H and O–H groups in total. The molecule has 2 heteroatoms. The van der Waals surface area contributed by atoms with Crippen molar-refractivity contribution in [3.63, 3.8) is 0 Å². The summed E-state index contributed by atoms with van der Waals surface area (Å²) < 4.78 is 12.9. The van der Waals surface area contributed by atoms with Crippen molar-refractivity contribution in [1.82, 2.24) is 0 Å². The summed E-state index contributed by atoms with van der Waals surface area (Å²) in [7, 11) is 0. The lowest BCUT2D eigenvalue weighted by atomic mass is 9.85. The van der Waals surface area contributed by atoms with E-state index in [9.17, 15) is 0 Å². The topological polar surface area (TPSA) is 26.3 Å². The molecule has 0 saturated heterocycles. The van der Waals surface area contributed by atoms with E-state index in [-0.39, 0.29) is 0 Å². The first-order chi connectivity index (χ1) is 25.8. The monoisotopic (exact) mass is 662 g/mol. The minimum atomic E-state index is 0.880. The van der Waals surface area contributed by atoms with Crippen LogP contribution >= 0.6 is 0 Å². The maximum absolute atomic E-state index is 6.78. The summed E-state index contributed by atoms with van der Waals surface area (Å²) in [6.07, 6.45) is 0. The Labute approximate surface area is 299 Å². The maximum Gasteiger partial charge on any atom is 0.143 e. The van der Waals surface area contributed by atoms with Gasteiger partial charge in [-0.1, -0.05) is 146 Å². The van der Waals surface area contributed by atoms with Gasteiger partial charge in [-0.3, -0.25) is 0 Å². The first-order valence-electron chi connectivity index (χ1n) is 17.8. The fourth-order valence-corrected chi connectivity index (χ4v) is 8.39. The van der Waals surface area contributed by atoms with Crippen molar-refractivity contribution < 1.29 is 8.83 Å². The summed E-state index contributed by atoms with van der Waals surface area (Å²) in [5.41, 5.74) is 12.9. The molecule has 0 aliphatic carbocycles. The number of furan rings is 2. The van der Waals surface area contributed by atoms with E-state index >= 15 is 0 Å². The summed E-state index contributed by atoms with van der Waals surface area (Å²) in [6.45, 7) is 0. The van der Waals surface area contributed by atoms with Crippen molar-refractivity contribution in [2.24, 2.45) is 0 Å². The molecule has 0 spiro atoms. The van der Waals surface area contributed by atoms with E-state index in [1.165, 1.54) is 43.8 Å². The van der Waals surface area contributed by atoms with Gasteiger partial charge in [0.2, 0.25) is 0 Å². The molecule has 11 rings (SSSR count). The quantitative estimate of drug-likeness (QED) is 0.175. The number of benzene rings is 9. The van der Waals surface area contributed by atoms with Gasteiger partial charge in [0.05, 0.1) is 0 Å². The molecule has 0 unspecified atom stereocenters. The van der Waals surface area contributed by atoms with Crippen molar-refractivity contribution in [3.8, 4) is 44.5 Å². The van der Waals surface area contributed by atoms with Gasteiger partial charge in [-0.2, -0.15) is 0 Å². The number of fused-ring (bicyclic) bond motifs is 8. The zero-order chi connectivity index (χ0) is 34.2. The molecule has 0 radical (unpaired) electrons. The highest BCUT2D eigenvalue weighted by Gasteiger charge is 2.20. The predicted octanol–water partition coefficient (Wildman–Crippen LogP) is 14.5. The van der Waals surface area contributed by atoms with Crippen molar-refractivity contribution in [2.75, 3.05) is 0 Å². The Morgan fingerprint density at radius 1 is 0.269 bits per heavy atom. The third kappa shape index (κ3) is 4.31. The van der Waals surface area contributed by atoms with Gasteiger partial charge in [0.25, 0.3) is 0 Å². The molecule has 0 bridgehead atoms. The van der Waals surface area contributed by atoms with E-state index < -0.39 is 0 Å². The lowest BCUT2D eigenvalue weighted by Gasteiger charge is -2.18. The van der Waals surface area contributed by atoms with Gasteiger partial charge in [0, 0.05) is 27.1 Å². The lowest BCUT2D eigenvalue weighted by Crippen LogP contribution is -1.91. The Morgan fingerprint density at radius 3 is 1.48 bits per heavy atom. The molecule has 0 amide bonds. The fraction of sp³-hybridized carbons (Fsp3) is 0. The molecule has 0 saturated carbocycles. The summed E-state index contributed by atoms with van der Waals surface area (Å²) in [5.74, 6) is 0. The summed E-state index contributed by atoms with van der Waals surface area (Å²) in [5, 5.41) is 9.44. The first-order valence-corrected chi connectivity index (χ1v) is 17.8. The number of hydrogen-bond acceptors (Lipinski definition) is 2. The maximum atomic E-state index is 6.78. The predicted molar refractivity (Wildman–Crippen MR) is 218 cm³/mol. The zero-order valence-electron chi connectivity index (χ0n) is 28.1. The van der Waals surface area contributed by atoms with Gasteiger partial charge >= 0.3 is 0 Å². The molecule has 0 atom stereocenters. The molecule has 0 aliphatic heterocycles. The van der Waals surface area contributed by atoms with E-state index in [4.69, 9.17) is 8.83 Å². The fourth-order valence-electron chi connectivity index (χ4n) is 8.39. The van der Waals surface area contributed by atoms with E-state index in [0.29, 0.717) is 0 Å². The van der Waals surface area contributed by atoms with Crippen LogP contribution < -0.4 is 0 Å². The van der Waals surface area contributed by atoms with Crippen LogP contribution in [0.3, 0.4) is 0 Å². The third-order valence-electron chi connectivity index (χ3n) is 10.7. The van der Waals surface area contributed by atoms with E-state index in [0.717, 1.165) is 66.1 Å². The van der Waals surface area contributed by atoms with Gasteiger partial charge in [0.15, 0.2) is 0 Å². The van der Waals surface area contributed by atoms with Gasteiger partial charge in [-0.25, -0.2) is 0 Å². The van der Waals surface area contributed by atoms with Gasteiger partial charge in [-0.15, -0.1) is 0 Å². The second kappa shape index (κ2) is 11.3. The molecular formula is C50H30O2. The van der Waals surface area contributed by atoms with Crippen LogP contribution in [0.4, 0.5) is 0 Å². The van der Waals surface area contributed by atoms with Crippen LogP contribution in [0, 0.1) is 0 Å². The Bertz CT molecular complexity index is 3120. The second-order valence-electron chi connectivity index (χ2n) is 13.6. The SMILES string of the molecule is c1ccc(-c2c3ccccc3c(-c3cccc(-c4ccc(-c5ccc6oc7ccccc7c6c5)c5c4oc4ccccc45)c3)c3ccccc23)cc1. The molecule has 0 aliphatic rings. The number of para-hydroxylation sites is 2. The van der Waals surface area contributed by atoms with Crippen molar-refractivity contribution in [1.29, 1.82) is 0 Å². The van der Waals surface area contributed by atoms with Crippen molar-refractivity contribution >= 4 is 65.4 Å². The molecule has 11 aromatic rings. The third-order valence-corrected chi connectivity index (χ3v) is 10.7. The first kappa shape index (κ1) is 28.9. The largest absolute Gasteiger partial charge is 0.456 e. The van der Waals surface area contributed by atoms with E-state index in [2.05, 4.69) is 164 Å². The lowest BCUT2D eigenvalue weighted by molar-refractivity contribution is 0.669. The molecule has 9 aromatic carbocycles. The Kier molecular flexibility index (Phi) is 6.28. The van der Waals surface area contributed by atoms with Crippen LogP contribution in [0.1, 0.15) is 0 Å². The molecule has 242 valence electrons. The minimum absolute atomic E-state index is 0.880. The van der Waals surface area contributed by atoms with Gasteiger partial charge in [-0.05, 0) is 96.9 Å². The summed E-state index contributed by atoms with van der Waals surface area (Å²) >= 11 is 0. The highest BCUT2D eigenvalue weighted by Crippen LogP contribution is 2.46. The average Bonchev–Trinajstić information content (AvgIpc) is 3.79. The van der Waals surface area contributed by atoms with Crippen LogP contribution in [0.2, 0.25) is 0 Å². The average molecular weight is 663 g/mol. The van der Waals surface area contributed by atoms with Crippen molar-refractivity contribution in [3.05, 3.63) is 182 Å². The molecule has 52 heavy (non-hydrogen) atoms. The number of hydrogen-bond donors (Lipinski definition) is 0. The van der Waals surface area contributed by atoms with Crippen LogP contribution in [-0.2, 0) is 0 Å². The zero-order valence-corrected chi connectivity index (χ0v) is 28.1. The second-order valence-corrected chi connectivity index (χ2v) is 13.6. The summed E-state index contributed by atoms with van der Waals surface area (Å²) in [4.78, 5) is 0. The smallest absolute Gasteiger partial charge is 0.143 e. The van der Waals surface area contributed by atoms with Gasteiger partial charge < -0.3 is 8.83 Å². The van der Waals surface area contributed by atoms with Crippen molar-refractivity contribution in [2.45, 2.75) is 0 Å². The van der Waals surface area contributed by atoms with E-state index in [1.807, 2.05) is 18.2 Å². The highest BCUT2D eigenvalue weighted by molar-refractivity contribution is 6.22. The van der Waals surface area contributed by atoms with Gasteiger partial charge in [0.1, 0.15) is 22.3 Å². The Balaban J connectivity index is 1.14. The molecule has 2 nitrogen and oxygen atoms in total. The van der Waals surface area contributed by atoms with Crippen LogP contribution in [0.15, 0.2) is 191 Å². The number of rotatable bonds is 4. The summed E-state index contributed by atoms with van der Waals surface area (Å²) in [6, 6.07) is 65.0. The normalized spacial score (nSPS) is 11.8. The molecule has 2 heterocycles. The molecular weight excluding hydrogens is 633 g/mol. The standard InChI is InChI=1S/C50H30O2/c1-2-13-31(14-3-1)47-38-18-4-6-20-40(38)48(41-21-7-5-19-39(41)47)34-16-12-15-32(29-34)36-27-26-35(49-42-22-9-11-24-45(42)52-50(36)49)33-25-28-46-43(30-33)37-17-8-10-23-44(37)51-46/h1-30H. The molecule has 0 fully saturated rings. The van der Waals surface area contributed by atoms with Crippen LogP contribution in [0.25, 0.3) is 110 Å². The Morgan fingerprint density at radius 2 is 0.769 bits per heavy atom. The minimum Gasteiger partial charge on any atom is -0.456 e. The van der Waals surface area contributed by atoms with Crippen LogP contribution in [0.5, 0.6) is 0 Å². The highest BCUT2D eigenvalue weighted by atomic mass is 16.3.